The van der Waals surface area contributed by atoms with Crippen LogP contribution in [0.2, 0.25) is 0 Å². The van der Waals surface area contributed by atoms with E-state index in [0.717, 1.165) is 12.0 Å². The first-order chi connectivity index (χ1) is 10.4. The van der Waals surface area contributed by atoms with Crippen LogP contribution in [-0.2, 0) is 23.8 Å². The molecule has 1 aromatic carbocycles. The van der Waals surface area contributed by atoms with Gasteiger partial charge in [0.1, 0.15) is 5.60 Å². The molecule has 5 nitrogen and oxygen atoms in total. The van der Waals surface area contributed by atoms with E-state index < -0.39 is 15.7 Å². The van der Waals surface area contributed by atoms with Crippen LogP contribution < -0.4 is 0 Å². The van der Waals surface area contributed by atoms with Crippen molar-refractivity contribution < 1.29 is 22.1 Å². The van der Waals surface area contributed by atoms with Crippen molar-refractivity contribution in [2.45, 2.75) is 56.4 Å². The minimum Gasteiger partial charge on any atom is -0.459 e. The number of carbonyl (C=O) groups excluding carboxylic acids is 1. The standard InChI is InChI=1S/C16H22O5S/c1-3-16(11-9-15(17)21-16)10-4-12-20-22(18,19)14-7-5-13(2)6-8-14/h5-8H,3-4,9-12H2,1-2H3. The summed E-state index contributed by atoms with van der Waals surface area (Å²) in [6.07, 6.45) is 3.04. The first-order valence-electron chi connectivity index (χ1n) is 7.55. The van der Waals surface area contributed by atoms with Crippen molar-refractivity contribution in [3.8, 4) is 0 Å². The Hall–Kier alpha value is -1.40. The van der Waals surface area contributed by atoms with Gasteiger partial charge in [-0.2, -0.15) is 8.42 Å². The maximum atomic E-state index is 12.0. The zero-order chi connectivity index (χ0) is 16.2. The number of rotatable bonds is 7. The number of carbonyl (C=O) groups is 1. The molecule has 6 heteroatoms. The number of hydrogen-bond donors (Lipinski definition) is 0. The quantitative estimate of drug-likeness (QED) is 0.438. The van der Waals surface area contributed by atoms with E-state index in [9.17, 15) is 13.2 Å². The first-order valence-corrected chi connectivity index (χ1v) is 8.96. The summed E-state index contributed by atoms with van der Waals surface area (Å²) in [6, 6.07) is 6.55. The van der Waals surface area contributed by atoms with Crippen LogP contribution in [-0.4, -0.2) is 26.6 Å². The highest BCUT2D eigenvalue weighted by molar-refractivity contribution is 7.86. The van der Waals surface area contributed by atoms with Crippen LogP contribution in [0.15, 0.2) is 29.2 Å². The Labute approximate surface area is 131 Å². The molecule has 1 fully saturated rings. The smallest absolute Gasteiger partial charge is 0.306 e. The monoisotopic (exact) mass is 326 g/mol. The molecule has 0 spiro atoms. The molecular formula is C16H22O5S. The van der Waals surface area contributed by atoms with Gasteiger partial charge in [0.15, 0.2) is 0 Å². The second-order valence-corrected chi connectivity index (χ2v) is 7.32. The first kappa shape index (κ1) is 17.0. The van der Waals surface area contributed by atoms with Gasteiger partial charge >= 0.3 is 5.97 Å². The molecule has 0 aliphatic carbocycles. The van der Waals surface area contributed by atoms with Gasteiger partial charge in [-0.05, 0) is 44.7 Å². The number of cyclic esters (lactones) is 1. The summed E-state index contributed by atoms with van der Waals surface area (Å²) in [5, 5.41) is 0. The Morgan fingerprint density at radius 1 is 1.27 bits per heavy atom. The van der Waals surface area contributed by atoms with Crippen LogP contribution in [0.1, 0.15) is 44.6 Å². The van der Waals surface area contributed by atoms with Crippen molar-refractivity contribution in [2.75, 3.05) is 6.61 Å². The van der Waals surface area contributed by atoms with Crippen LogP contribution in [0.5, 0.6) is 0 Å². The summed E-state index contributed by atoms with van der Waals surface area (Å²) in [6.45, 7) is 3.96. The zero-order valence-electron chi connectivity index (χ0n) is 13.0. The van der Waals surface area contributed by atoms with Crippen molar-refractivity contribution in [3.63, 3.8) is 0 Å². The number of benzene rings is 1. The molecule has 0 radical (unpaired) electrons. The van der Waals surface area contributed by atoms with Gasteiger partial charge in [0.2, 0.25) is 0 Å². The average molecular weight is 326 g/mol. The summed E-state index contributed by atoms with van der Waals surface area (Å²) in [5.41, 5.74) is 0.556. The molecule has 22 heavy (non-hydrogen) atoms. The van der Waals surface area contributed by atoms with Gasteiger partial charge in [-0.25, -0.2) is 0 Å². The summed E-state index contributed by atoms with van der Waals surface area (Å²) in [7, 11) is -3.72. The van der Waals surface area contributed by atoms with Gasteiger partial charge in [-0.1, -0.05) is 24.6 Å². The number of esters is 1. The van der Waals surface area contributed by atoms with Crippen LogP contribution in [0.3, 0.4) is 0 Å². The van der Waals surface area contributed by atoms with Gasteiger partial charge in [0, 0.05) is 6.42 Å². The topological polar surface area (TPSA) is 69.7 Å². The summed E-state index contributed by atoms with van der Waals surface area (Å²) in [4.78, 5) is 11.4. The lowest BCUT2D eigenvalue weighted by Gasteiger charge is -2.25. The summed E-state index contributed by atoms with van der Waals surface area (Å²) >= 11 is 0. The van der Waals surface area contributed by atoms with Crippen LogP contribution in [0, 0.1) is 6.92 Å². The highest BCUT2D eigenvalue weighted by Gasteiger charge is 2.38. The van der Waals surface area contributed by atoms with Crippen molar-refractivity contribution >= 4 is 16.1 Å². The fourth-order valence-electron chi connectivity index (χ4n) is 2.61. The minimum atomic E-state index is -3.72. The number of hydrogen-bond acceptors (Lipinski definition) is 5. The summed E-state index contributed by atoms with van der Waals surface area (Å²) < 4.78 is 34.5. The van der Waals surface area contributed by atoms with Gasteiger partial charge in [-0.3, -0.25) is 8.98 Å². The molecule has 0 saturated carbocycles. The molecule has 122 valence electrons. The molecule has 1 saturated heterocycles. The van der Waals surface area contributed by atoms with E-state index in [1.807, 2.05) is 13.8 Å². The molecule has 2 rings (SSSR count). The zero-order valence-corrected chi connectivity index (χ0v) is 13.8. The fraction of sp³-hybridized carbons (Fsp3) is 0.562. The molecule has 0 aromatic heterocycles. The third-order valence-electron chi connectivity index (χ3n) is 4.08. The highest BCUT2D eigenvalue weighted by Crippen LogP contribution is 2.34. The molecule has 1 atom stereocenters. The van der Waals surface area contributed by atoms with Gasteiger partial charge in [0.25, 0.3) is 10.1 Å². The van der Waals surface area contributed by atoms with Gasteiger partial charge in [0.05, 0.1) is 11.5 Å². The predicted molar refractivity (Wildman–Crippen MR) is 81.9 cm³/mol. The number of aryl methyl sites for hydroxylation is 1. The third kappa shape index (κ3) is 4.08. The maximum Gasteiger partial charge on any atom is 0.306 e. The lowest BCUT2D eigenvalue weighted by molar-refractivity contribution is -0.149. The lowest BCUT2D eigenvalue weighted by atomic mass is 9.92. The van der Waals surface area contributed by atoms with E-state index in [0.29, 0.717) is 25.7 Å². The Bertz CT molecular complexity index is 620. The molecule has 0 N–H and O–H groups in total. The molecule has 1 heterocycles. The van der Waals surface area contributed by atoms with E-state index >= 15 is 0 Å². The molecule has 0 bridgehead atoms. The van der Waals surface area contributed by atoms with Crippen molar-refractivity contribution in [2.24, 2.45) is 0 Å². The van der Waals surface area contributed by atoms with Crippen molar-refractivity contribution in [1.29, 1.82) is 0 Å². The van der Waals surface area contributed by atoms with E-state index in [4.69, 9.17) is 8.92 Å². The van der Waals surface area contributed by atoms with Crippen LogP contribution >= 0.6 is 0 Å². The molecular weight excluding hydrogens is 304 g/mol. The molecule has 1 aliphatic heterocycles. The predicted octanol–water partition coefficient (Wildman–Crippen LogP) is 2.97. The van der Waals surface area contributed by atoms with Crippen molar-refractivity contribution in [3.05, 3.63) is 29.8 Å². The van der Waals surface area contributed by atoms with E-state index in [-0.39, 0.29) is 17.5 Å². The molecule has 1 aromatic rings. The Morgan fingerprint density at radius 3 is 2.50 bits per heavy atom. The van der Waals surface area contributed by atoms with Gasteiger partial charge < -0.3 is 4.74 Å². The van der Waals surface area contributed by atoms with Crippen LogP contribution in [0.25, 0.3) is 0 Å². The normalized spacial score (nSPS) is 21.8. The third-order valence-corrected chi connectivity index (χ3v) is 5.41. The summed E-state index contributed by atoms with van der Waals surface area (Å²) in [5.74, 6) is -0.171. The largest absolute Gasteiger partial charge is 0.459 e. The number of ether oxygens (including phenoxy) is 1. The SMILES string of the molecule is CCC1(CCCOS(=O)(=O)c2ccc(C)cc2)CCC(=O)O1. The van der Waals surface area contributed by atoms with E-state index in [1.54, 1.807) is 12.1 Å². The van der Waals surface area contributed by atoms with E-state index in [2.05, 4.69) is 0 Å². The van der Waals surface area contributed by atoms with Crippen molar-refractivity contribution in [1.82, 2.24) is 0 Å². The van der Waals surface area contributed by atoms with E-state index in [1.165, 1.54) is 12.1 Å². The highest BCUT2D eigenvalue weighted by atomic mass is 32.2. The lowest BCUT2D eigenvalue weighted by Crippen LogP contribution is -2.28. The Kier molecular flexibility index (Phi) is 5.24. The fourth-order valence-corrected chi connectivity index (χ4v) is 3.55. The maximum absolute atomic E-state index is 12.0. The average Bonchev–Trinajstić information content (AvgIpc) is 2.86. The molecule has 1 unspecified atom stereocenters. The second kappa shape index (κ2) is 6.79. The second-order valence-electron chi connectivity index (χ2n) is 5.70. The van der Waals surface area contributed by atoms with Crippen LogP contribution in [0.4, 0.5) is 0 Å². The minimum absolute atomic E-state index is 0.0928. The Morgan fingerprint density at radius 2 is 1.95 bits per heavy atom. The molecule has 1 aliphatic rings. The van der Waals surface area contributed by atoms with Gasteiger partial charge in [-0.15, -0.1) is 0 Å². The Balaban J connectivity index is 1.85. The molecule has 0 amide bonds.